The van der Waals surface area contributed by atoms with Crippen molar-refractivity contribution in [3.05, 3.63) is 70.1 Å². The van der Waals surface area contributed by atoms with E-state index in [4.69, 9.17) is 4.74 Å². The molecule has 0 radical (unpaired) electrons. The van der Waals surface area contributed by atoms with Crippen LogP contribution in [0.5, 0.6) is 5.75 Å². The van der Waals surface area contributed by atoms with Crippen LogP contribution in [-0.2, 0) is 12.7 Å². The Bertz CT molecular complexity index is 1040. The highest BCUT2D eigenvalue weighted by Crippen LogP contribution is 2.36. The van der Waals surface area contributed by atoms with Crippen LogP contribution in [0.1, 0.15) is 23.0 Å². The van der Waals surface area contributed by atoms with Gasteiger partial charge in [0.25, 0.3) is 5.56 Å². The van der Waals surface area contributed by atoms with Crippen molar-refractivity contribution in [3.8, 4) is 5.75 Å². The molecular formula is C18H13F3N2O3. The second kappa shape index (κ2) is 6.62. The molecule has 0 bridgehead atoms. The van der Waals surface area contributed by atoms with Crippen LogP contribution in [0.25, 0.3) is 10.8 Å². The van der Waals surface area contributed by atoms with Gasteiger partial charge in [-0.3, -0.25) is 4.79 Å². The minimum absolute atomic E-state index is 0.198. The molecule has 0 saturated carbocycles. The van der Waals surface area contributed by atoms with E-state index in [-0.39, 0.29) is 23.0 Å². The Balaban J connectivity index is 2.10. The van der Waals surface area contributed by atoms with Gasteiger partial charge < -0.3 is 4.74 Å². The molecule has 26 heavy (non-hydrogen) atoms. The third kappa shape index (κ3) is 3.17. The summed E-state index contributed by atoms with van der Waals surface area (Å²) in [6.07, 6.45) is -4.67. The lowest BCUT2D eigenvalue weighted by Gasteiger charge is -2.13. The van der Waals surface area contributed by atoms with Crippen LogP contribution in [0.2, 0.25) is 0 Å². The molecule has 1 heterocycles. The van der Waals surface area contributed by atoms with Crippen molar-refractivity contribution in [3.63, 3.8) is 0 Å². The van der Waals surface area contributed by atoms with Gasteiger partial charge in [0, 0.05) is 11.9 Å². The van der Waals surface area contributed by atoms with Crippen LogP contribution in [0, 0.1) is 0 Å². The molecule has 0 saturated heterocycles. The van der Waals surface area contributed by atoms with Crippen LogP contribution in [-0.4, -0.2) is 15.7 Å². The minimum Gasteiger partial charge on any atom is -0.421 e. The van der Waals surface area contributed by atoms with Gasteiger partial charge in [0.2, 0.25) is 0 Å². The van der Waals surface area contributed by atoms with Crippen LogP contribution < -0.4 is 10.3 Å². The topological polar surface area (TPSA) is 61.2 Å². The standard InChI is InChI=1S/C18H13F3N2O3/c1-2-23-16(24)12-8-4-3-7-11(12)15(22-23)17(25)26-14-10-6-5-9-13(14)18(19,20)21/h3-10H,2H2,1H3. The van der Waals surface area contributed by atoms with Crippen molar-refractivity contribution in [1.82, 2.24) is 9.78 Å². The van der Waals surface area contributed by atoms with Crippen molar-refractivity contribution in [2.45, 2.75) is 19.6 Å². The zero-order chi connectivity index (χ0) is 18.9. The number of aryl methyl sites for hydroxylation is 1. The van der Waals surface area contributed by atoms with Gasteiger partial charge in [-0.1, -0.05) is 30.3 Å². The number of rotatable bonds is 3. The maximum atomic E-state index is 13.1. The summed E-state index contributed by atoms with van der Waals surface area (Å²) in [5.74, 6) is -1.69. The number of hydrogen-bond donors (Lipinski definition) is 0. The highest BCUT2D eigenvalue weighted by atomic mass is 19.4. The molecule has 0 spiro atoms. The Morgan fingerprint density at radius 3 is 2.35 bits per heavy atom. The zero-order valence-corrected chi connectivity index (χ0v) is 13.6. The lowest BCUT2D eigenvalue weighted by molar-refractivity contribution is -0.138. The molecule has 0 N–H and O–H groups in total. The highest BCUT2D eigenvalue weighted by Gasteiger charge is 2.35. The van der Waals surface area contributed by atoms with Gasteiger partial charge in [0.05, 0.1) is 10.9 Å². The van der Waals surface area contributed by atoms with E-state index in [2.05, 4.69) is 5.10 Å². The summed E-state index contributed by atoms with van der Waals surface area (Å²) >= 11 is 0. The molecule has 5 nitrogen and oxygen atoms in total. The van der Waals surface area contributed by atoms with Crippen LogP contribution >= 0.6 is 0 Å². The van der Waals surface area contributed by atoms with Crippen LogP contribution in [0.4, 0.5) is 13.2 Å². The summed E-state index contributed by atoms with van der Waals surface area (Å²) < 4.78 is 45.3. The minimum atomic E-state index is -4.67. The molecule has 0 fully saturated rings. The number of ether oxygens (including phenoxy) is 1. The SMILES string of the molecule is CCn1nc(C(=O)Oc2ccccc2C(F)(F)F)c2ccccc2c1=O. The third-order valence-corrected chi connectivity index (χ3v) is 3.76. The fourth-order valence-electron chi connectivity index (χ4n) is 2.54. The summed E-state index contributed by atoms with van der Waals surface area (Å²) in [4.78, 5) is 24.8. The number of fused-ring (bicyclic) bond motifs is 1. The van der Waals surface area contributed by atoms with E-state index in [9.17, 15) is 22.8 Å². The first kappa shape index (κ1) is 17.7. The zero-order valence-electron chi connectivity index (χ0n) is 13.6. The fraction of sp³-hybridized carbons (Fsp3) is 0.167. The number of halogens is 3. The number of aromatic nitrogens is 2. The number of esters is 1. The van der Waals surface area contributed by atoms with Gasteiger partial charge in [-0.2, -0.15) is 18.3 Å². The molecule has 134 valence electrons. The summed E-state index contributed by atoms with van der Waals surface area (Å²) in [7, 11) is 0. The maximum Gasteiger partial charge on any atom is 0.419 e. The first-order valence-corrected chi connectivity index (χ1v) is 7.71. The molecule has 8 heteroatoms. The van der Waals surface area contributed by atoms with Gasteiger partial charge in [-0.25, -0.2) is 9.48 Å². The molecule has 3 rings (SSSR count). The monoisotopic (exact) mass is 362 g/mol. The van der Waals surface area contributed by atoms with E-state index in [1.165, 1.54) is 24.3 Å². The van der Waals surface area contributed by atoms with E-state index < -0.39 is 29.0 Å². The molecule has 2 aromatic carbocycles. The van der Waals surface area contributed by atoms with Gasteiger partial charge in [0.15, 0.2) is 5.69 Å². The van der Waals surface area contributed by atoms with E-state index in [0.29, 0.717) is 0 Å². The van der Waals surface area contributed by atoms with Gasteiger partial charge in [-0.05, 0) is 25.1 Å². The number of carbonyl (C=O) groups is 1. The molecule has 0 aliphatic heterocycles. The first-order chi connectivity index (χ1) is 12.3. The quantitative estimate of drug-likeness (QED) is 0.527. The smallest absolute Gasteiger partial charge is 0.419 e. The predicted octanol–water partition coefficient (Wildman–Crippen LogP) is 3.65. The van der Waals surface area contributed by atoms with E-state index in [1.807, 2.05) is 0 Å². The Morgan fingerprint density at radius 2 is 1.69 bits per heavy atom. The fourth-order valence-corrected chi connectivity index (χ4v) is 2.54. The van der Waals surface area contributed by atoms with Crippen molar-refractivity contribution < 1.29 is 22.7 Å². The van der Waals surface area contributed by atoms with Crippen molar-refractivity contribution in [2.75, 3.05) is 0 Å². The number of para-hydroxylation sites is 1. The van der Waals surface area contributed by atoms with Crippen molar-refractivity contribution in [2.24, 2.45) is 0 Å². The van der Waals surface area contributed by atoms with Crippen LogP contribution in [0.3, 0.4) is 0 Å². The number of nitrogens with zero attached hydrogens (tertiary/aromatic N) is 2. The van der Waals surface area contributed by atoms with Gasteiger partial charge in [0.1, 0.15) is 5.75 Å². The molecule has 0 atom stereocenters. The number of alkyl halides is 3. The van der Waals surface area contributed by atoms with Gasteiger partial charge >= 0.3 is 12.1 Å². The molecule has 0 amide bonds. The number of hydrogen-bond acceptors (Lipinski definition) is 4. The Kier molecular flexibility index (Phi) is 4.50. The Morgan fingerprint density at radius 1 is 1.08 bits per heavy atom. The summed E-state index contributed by atoms with van der Waals surface area (Å²) in [5.41, 5.74) is -1.68. The Labute approximate surface area is 145 Å². The molecule has 3 aromatic rings. The largest absolute Gasteiger partial charge is 0.421 e. The molecule has 0 aliphatic rings. The summed E-state index contributed by atoms with van der Waals surface area (Å²) in [6.45, 7) is 1.86. The average Bonchev–Trinajstić information content (AvgIpc) is 2.62. The Hall–Kier alpha value is -3.16. The predicted molar refractivity (Wildman–Crippen MR) is 88.1 cm³/mol. The molecule has 1 aromatic heterocycles. The van der Waals surface area contributed by atoms with E-state index >= 15 is 0 Å². The lowest BCUT2D eigenvalue weighted by Crippen LogP contribution is -2.26. The summed E-state index contributed by atoms with van der Waals surface area (Å²) in [6, 6.07) is 10.6. The normalized spacial score (nSPS) is 11.5. The van der Waals surface area contributed by atoms with Crippen molar-refractivity contribution >= 4 is 16.7 Å². The second-order valence-corrected chi connectivity index (χ2v) is 5.40. The first-order valence-electron chi connectivity index (χ1n) is 7.71. The number of carbonyl (C=O) groups excluding carboxylic acids is 1. The molecular weight excluding hydrogens is 349 g/mol. The average molecular weight is 362 g/mol. The third-order valence-electron chi connectivity index (χ3n) is 3.76. The van der Waals surface area contributed by atoms with Crippen molar-refractivity contribution in [1.29, 1.82) is 0 Å². The van der Waals surface area contributed by atoms with Gasteiger partial charge in [-0.15, -0.1) is 0 Å². The summed E-state index contributed by atoms with van der Waals surface area (Å²) in [5, 5.41) is 4.41. The molecule has 0 aliphatic carbocycles. The maximum absolute atomic E-state index is 13.1. The number of benzene rings is 2. The van der Waals surface area contributed by atoms with Crippen LogP contribution in [0.15, 0.2) is 53.3 Å². The van der Waals surface area contributed by atoms with E-state index in [0.717, 1.165) is 16.8 Å². The highest BCUT2D eigenvalue weighted by molar-refractivity contribution is 6.02. The lowest BCUT2D eigenvalue weighted by atomic mass is 10.1. The second-order valence-electron chi connectivity index (χ2n) is 5.40. The van der Waals surface area contributed by atoms with E-state index in [1.54, 1.807) is 19.1 Å². The molecule has 0 unspecified atom stereocenters.